The van der Waals surface area contributed by atoms with Crippen molar-refractivity contribution in [1.82, 2.24) is 5.32 Å². The van der Waals surface area contributed by atoms with Gasteiger partial charge in [-0.3, -0.25) is 14.9 Å². The highest BCUT2D eigenvalue weighted by Crippen LogP contribution is 2.36. The molecule has 0 aliphatic carbocycles. The lowest BCUT2D eigenvalue weighted by Crippen LogP contribution is -2.36. The van der Waals surface area contributed by atoms with Gasteiger partial charge in [-0.15, -0.1) is 0 Å². The summed E-state index contributed by atoms with van der Waals surface area (Å²) in [5.74, 6) is -0.351. The monoisotopic (exact) mass is 279 g/mol. The molecule has 102 valence electrons. The Morgan fingerprint density at radius 1 is 1.42 bits per heavy atom. The van der Waals surface area contributed by atoms with Gasteiger partial charge in [-0.25, -0.2) is 0 Å². The first-order valence-electron chi connectivity index (χ1n) is 6.20. The van der Waals surface area contributed by atoms with Crippen molar-refractivity contribution < 1.29 is 14.3 Å². The van der Waals surface area contributed by atoms with E-state index in [-0.39, 0.29) is 34.8 Å². The summed E-state index contributed by atoms with van der Waals surface area (Å²) in [5.41, 5.74) is 1.08. The first-order chi connectivity index (χ1) is 9.11. The molecule has 0 spiro atoms. The van der Waals surface area contributed by atoms with Crippen molar-refractivity contribution in [3.05, 3.63) is 35.9 Å². The molecule has 1 heterocycles. The summed E-state index contributed by atoms with van der Waals surface area (Å²) in [6.07, 6.45) is 0.252. The smallest absolute Gasteiger partial charge is 0.305 e. The third-order valence-corrected chi connectivity index (χ3v) is 4.34. The van der Waals surface area contributed by atoms with Crippen LogP contribution in [-0.4, -0.2) is 24.2 Å². The Kier molecular flexibility index (Phi) is 4.61. The molecule has 0 amide bonds. The molecule has 0 aromatic heterocycles. The quantitative estimate of drug-likeness (QED) is 0.856. The van der Waals surface area contributed by atoms with Crippen LogP contribution in [0.15, 0.2) is 30.3 Å². The molecule has 3 unspecified atom stereocenters. The maximum absolute atomic E-state index is 12.0. The molecule has 0 bridgehead atoms. The Labute approximate surface area is 116 Å². The fraction of sp³-hybridized carbons (Fsp3) is 0.429. The molecule has 1 saturated heterocycles. The summed E-state index contributed by atoms with van der Waals surface area (Å²) in [5, 5.41) is 3.35. The van der Waals surface area contributed by atoms with Gasteiger partial charge in [0.15, 0.2) is 0 Å². The third kappa shape index (κ3) is 3.36. The van der Waals surface area contributed by atoms with Crippen molar-refractivity contribution >= 4 is 22.8 Å². The maximum atomic E-state index is 12.0. The van der Waals surface area contributed by atoms with Crippen LogP contribution in [0.1, 0.15) is 24.3 Å². The Bertz CT molecular complexity index is 463. The second-order valence-electron chi connectivity index (χ2n) is 4.63. The van der Waals surface area contributed by atoms with Crippen LogP contribution in [-0.2, 0) is 14.3 Å². The number of benzene rings is 1. The lowest BCUT2D eigenvalue weighted by atomic mass is 9.99. The second-order valence-corrected chi connectivity index (χ2v) is 5.74. The van der Waals surface area contributed by atoms with Crippen molar-refractivity contribution in [1.29, 1.82) is 0 Å². The Hall–Kier alpha value is -1.33. The topological polar surface area (TPSA) is 55.4 Å². The summed E-state index contributed by atoms with van der Waals surface area (Å²) >= 11 is 1.29. The number of hydrogen-bond acceptors (Lipinski definition) is 5. The molecule has 1 N–H and O–H groups in total. The zero-order valence-electron chi connectivity index (χ0n) is 11.0. The van der Waals surface area contributed by atoms with E-state index in [1.807, 2.05) is 37.3 Å². The van der Waals surface area contributed by atoms with Gasteiger partial charge in [0.1, 0.15) is 0 Å². The van der Waals surface area contributed by atoms with E-state index < -0.39 is 0 Å². The number of hydrogen-bond donors (Lipinski definition) is 1. The molecule has 1 aromatic carbocycles. The maximum Gasteiger partial charge on any atom is 0.305 e. The van der Waals surface area contributed by atoms with E-state index in [1.165, 1.54) is 18.9 Å². The predicted molar refractivity (Wildman–Crippen MR) is 74.5 cm³/mol. The van der Waals surface area contributed by atoms with Crippen LogP contribution in [0.4, 0.5) is 0 Å². The van der Waals surface area contributed by atoms with Crippen molar-refractivity contribution in [3.63, 3.8) is 0 Å². The predicted octanol–water partition coefficient (Wildman–Crippen LogP) is 2.12. The van der Waals surface area contributed by atoms with Crippen LogP contribution in [0.2, 0.25) is 0 Å². The minimum Gasteiger partial charge on any atom is -0.469 e. The van der Waals surface area contributed by atoms with E-state index in [0.29, 0.717) is 0 Å². The fourth-order valence-electron chi connectivity index (χ4n) is 2.11. The molecule has 1 fully saturated rings. The van der Waals surface area contributed by atoms with Gasteiger partial charge in [0.25, 0.3) is 0 Å². The molecule has 1 aromatic rings. The minimum atomic E-state index is -0.297. The van der Waals surface area contributed by atoms with Crippen LogP contribution in [0.5, 0.6) is 0 Å². The van der Waals surface area contributed by atoms with E-state index in [4.69, 9.17) is 0 Å². The van der Waals surface area contributed by atoms with Gasteiger partial charge in [0, 0.05) is 0 Å². The number of nitrogens with one attached hydrogen (secondary N) is 1. The Balaban J connectivity index is 2.01. The minimum absolute atomic E-state index is 0.0289. The largest absolute Gasteiger partial charge is 0.469 e. The summed E-state index contributed by atoms with van der Waals surface area (Å²) in [4.78, 5) is 23.3. The summed E-state index contributed by atoms with van der Waals surface area (Å²) in [6, 6.07) is 9.54. The van der Waals surface area contributed by atoms with E-state index >= 15 is 0 Å². The zero-order chi connectivity index (χ0) is 13.8. The van der Waals surface area contributed by atoms with Crippen LogP contribution in [0, 0.1) is 5.92 Å². The first kappa shape index (κ1) is 14.1. The molecule has 2 rings (SSSR count). The molecule has 5 heteroatoms. The van der Waals surface area contributed by atoms with Gasteiger partial charge >= 0.3 is 5.97 Å². The lowest BCUT2D eigenvalue weighted by molar-refractivity contribution is -0.141. The van der Waals surface area contributed by atoms with E-state index in [1.54, 1.807) is 0 Å². The van der Waals surface area contributed by atoms with Gasteiger partial charge in [-0.2, -0.15) is 0 Å². The second kappa shape index (κ2) is 6.21. The summed E-state index contributed by atoms with van der Waals surface area (Å²) < 4.78 is 4.64. The first-order valence-corrected chi connectivity index (χ1v) is 7.08. The van der Waals surface area contributed by atoms with E-state index in [0.717, 1.165) is 5.56 Å². The SMILES string of the molecule is COC(=O)CC(C)C1NC(c2ccccc2)SC1=O. The fourth-order valence-corrected chi connectivity index (χ4v) is 3.29. The van der Waals surface area contributed by atoms with Crippen molar-refractivity contribution in [3.8, 4) is 0 Å². The van der Waals surface area contributed by atoms with Crippen LogP contribution in [0.3, 0.4) is 0 Å². The van der Waals surface area contributed by atoms with E-state index in [2.05, 4.69) is 10.1 Å². The van der Waals surface area contributed by atoms with Crippen LogP contribution >= 0.6 is 11.8 Å². The Morgan fingerprint density at radius 2 is 2.11 bits per heavy atom. The normalized spacial score (nSPS) is 24.2. The number of rotatable bonds is 4. The van der Waals surface area contributed by atoms with Crippen LogP contribution in [0.25, 0.3) is 0 Å². The molecule has 3 atom stereocenters. The lowest BCUT2D eigenvalue weighted by Gasteiger charge is -2.17. The van der Waals surface area contributed by atoms with Gasteiger partial charge in [0.2, 0.25) is 5.12 Å². The molecule has 0 radical (unpaired) electrons. The number of ether oxygens (including phenoxy) is 1. The van der Waals surface area contributed by atoms with E-state index in [9.17, 15) is 9.59 Å². The molecule has 0 saturated carbocycles. The number of carbonyl (C=O) groups is 2. The average Bonchev–Trinajstić information content (AvgIpc) is 2.81. The number of esters is 1. The summed E-state index contributed by atoms with van der Waals surface area (Å²) in [7, 11) is 1.36. The van der Waals surface area contributed by atoms with Crippen molar-refractivity contribution in [2.24, 2.45) is 5.92 Å². The number of thioether (sulfide) groups is 1. The standard InChI is InChI=1S/C14H17NO3S/c1-9(8-11(16)18-2)12-14(17)19-13(15-12)10-6-4-3-5-7-10/h3-7,9,12-13,15H,8H2,1-2H3. The van der Waals surface area contributed by atoms with Crippen LogP contribution < -0.4 is 5.32 Å². The highest BCUT2D eigenvalue weighted by Gasteiger charge is 2.37. The van der Waals surface area contributed by atoms with Gasteiger partial charge < -0.3 is 4.74 Å². The van der Waals surface area contributed by atoms with Gasteiger partial charge in [-0.05, 0) is 11.5 Å². The summed E-state index contributed by atoms with van der Waals surface area (Å²) in [6.45, 7) is 1.89. The molecular formula is C14H17NO3S. The zero-order valence-corrected chi connectivity index (χ0v) is 11.8. The van der Waals surface area contributed by atoms with Gasteiger partial charge in [0.05, 0.1) is 24.9 Å². The highest BCUT2D eigenvalue weighted by atomic mass is 32.2. The third-order valence-electron chi connectivity index (χ3n) is 3.21. The highest BCUT2D eigenvalue weighted by molar-refractivity contribution is 8.14. The van der Waals surface area contributed by atoms with Crippen molar-refractivity contribution in [2.75, 3.05) is 7.11 Å². The number of carbonyl (C=O) groups excluding carboxylic acids is 2. The van der Waals surface area contributed by atoms with Gasteiger partial charge in [-0.1, -0.05) is 49.0 Å². The molecule has 19 heavy (non-hydrogen) atoms. The molecular weight excluding hydrogens is 262 g/mol. The van der Waals surface area contributed by atoms with Crippen molar-refractivity contribution in [2.45, 2.75) is 24.8 Å². The molecule has 4 nitrogen and oxygen atoms in total. The molecule has 1 aliphatic rings. The average molecular weight is 279 g/mol. The Morgan fingerprint density at radius 3 is 2.74 bits per heavy atom. The number of methoxy groups -OCH3 is 1. The molecule has 1 aliphatic heterocycles.